The maximum Gasteiger partial charge on any atom is 0.337 e. The number of aromatic carboxylic acids is 1. The number of pyridine rings is 1. The predicted octanol–water partition coefficient (Wildman–Crippen LogP) is 3.53. The number of para-hydroxylation sites is 1. The van der Waals surface area contributed by atoms with E-state index in [-0.39, 0.29) is 11.1 Å². The molecule has 0 bridgehead atoms. The van der Waals surface area contributed by atoms with Crippen LogP contribution in [0.15, 0.2) is 41.3 Å². The van der Waals surface area contributed by atoms with Crippen LogP contribution in [0.5, 0.6) is 11.5 Å². The molecule has 150 valence electrons. The Morgan fingerprint density at radius 2 is 2.00 bits per heavy atom. The maximum atomic E-state index is 12.9. The fourth-order valence-electron chi connectivity index (χ4n) is 3.08. The van der Waals surface area contributed by atoms with Crippen LogP contribution >= 0.6 is 0 Å². The van der Waals surface area contributed by atoms with Crippen LogP contribution in [0.3, 0.4) is 0 Å². The number of benzene rings is 1. The molecule has 0 fully saturated rings. The van der Waals surface area contributed by atoms with Gasteiger partial charge >= 0.3 is 5.97 Å². The summed E-state index contributed by atoms with van der Waals surface area (Å²) in [5.74, 6) is 0.148. The molecule has 0 unspecified atom stereocenters. The van der Waals surface area contributed by atoms with Gasteiger partial charge in [-0.15, -0.1) is 0 Å². The molecule has 0 saturated carbocycles. The Morgan fingerprint density at radius 3 is 2.66 bits per heavy atom. The zero-order chi connectivity index (χ0) is 21.0. The molecule has 3 aromatic rings. The molecule has 1 aromatic carbocycles. The molecule has 7 heteroatoms. The summed E-state index contributed by atoms with van der Waals surface area (Å²) in [4.78, 5) is 28.6. The van der Waals surface area contributed by atoms with Gasteiger partial charge in [0.1, 0.15) is 5.65 Å². The van der Waals surface area contributed by atoms with Gasteiger partial charge in [-0.2, -0.15) is 0 Å². The molecule has 2 heterocycles. The van der Waals surface area contributed by atoms with Gasteiger partial charge in [0.05, 0.1) is 25.0 Å². The molecule has 0 aliphatic rings. The van der Waals surface area contributed by atoms with E-state index in [1.165, 1.54) is 22.7 Å². The molecule has 7 nitrogen and oxygen atoms in total. The Kier molecular flexibility index (Phi) is 5.97. The molecule has 29 heavy (non-hydrogen) atoms. The summed E-state index contributed by atoms with van der Waals surface area (Å²) in [6.07, 6.45) is 5.36. The molecule has 0 amide bonds. The van der Waals surface area contributed by atoms with E-state index < -0.39 is 5.97 Å². The Balaban J connectivity index is 2.12. The monoisotopic (exact) mass is 394 g/mol. The number of aromatic nitrogens is 2. The Bertz CT molecular complexity index is 1150. The number of hydrogen-bond acceptors (Lipinski definition) is 5. The van der Waals surface area contributed by atoms with E-state index in [1.807, 2.05) is 38.1 Å². The lowest BCUT2D eigenvalue weighted by molar-refractivity contribution is 0.0696. The first kappa shape index (κ1) is 20.1. The summed E-state index contributed by atoms with van der Waals surface area (Å²) in [7, 11) is 1.58. The standard InChI is InChI=1S/C22H22N2O5/c1-4-16-17(11-9-14-7-6-8-18(28-3)20(14)29-5-2)23-19-12-10-15(22(26)27)13-24(19)21(16)25/h6-13H,4-5H2,1-3H3,(H,26,27). The molecule has 1 N–H and O–H groups in total. The van der Waals surface area contributed by atoms with E-state index in [1.54, 1.807) is 13.2 Å². The van der Waals surface area contributed by atoms with Gasteiger partial charge in [-0.3, -0.25) is 9.20 Å². The number of fused-ring (bicyclic) bond motifs is 1. The average molecular weight is 394 g/mol. The normalized spacial score (nSPS) is 11.1. The second kappa shape index (κ2) is 8.60. The van der Waals surface area contributed by atoms with E-state index in [2.05, 4.69) is 4.98 Å². The highest BCUT2D eigenvalue weighted by atomic mass is 16.5. The Morgan fingerprint density at radius 1 is 1.21 bits per heavy atom. The predicted molar refractivity (Wildman–Crippen MR) is 111 cm³/mol. The molecule has 2 aromatic heterocycles. The van der Waals surface area contributed by atoms with Crippen LogP contribution < -0.4 is 15.0 Å². The number of carboxylic acids is 1. The van der Waals surface area contributed by atoms with Crippen molar-refractivity contribution in [3.05, 3.63) is 69.3 Å². The number of ether oxygens (including phenoxy) is 2. The average Bonchev–Trinajstić information content (AvgIpc) is 2.72. The van der Waals surface area contributed by atoms with Gasteiger partial charge in [0.25, 0.3) is 5.56 Å². The van der Waals surface area contributed by atoms with Crippen molar-refractivity contribution in [3.8, 4) is 11.5 Å². The number of rotatable bonds is 7. The lowest BCUT2D eigenvalue weighted by atomic mass is 10.1. The molecule has 0 atom stereocenters. The first-order chi connectivity index (χ1) is 14.0. The van der Waals surface area contributed by atoms with Crippen molar-refractivity contribution in [2.45, 2.75) is 20.3 Å². The van der Waals surface area contributed by atoms with E-state index in [0.717, 1.165) is 5.56 Å². The van der Waals surface area contributed by atoms with Crippen LogP contribution in [0.1, 0.15) is 41.0 Å². The van der Waals surface area contributed by atoms with Gasteiger partial charge in [0.15, 0.2) is 11.5 Å². The second-order valence-corrected chi connectivity index (χ2v) is 6.23. The summed E-state index contributed by atoms with van der Waals surface area (Å²) >= 11 is 0. The van der Waals surface area contributed by atoms with Crippen molar-refractivity contribution in [2.75, 3.05) is 13.7 Å². The minimum Gasteiger partial charge on any atom is -0.493 e. The summed E-state index contributed by atoms with van der Waals surface area (Å²) in [6.45, 7) is 4.25. The maximum absolute atomic E-state index is 12.9. The molecular formula is C22H22N2O5. The zero-order valence-corrected chi connectivity index (χ0v) is 16.5. The molecule has 0 radical (unpaired) electrons. The van der Waals surface area contributed by atoms with Crippen molar-refractivity contribution in [1.29, 1.82) is 0 Å². The fourth-order valence-corrected chi connectivity index (χ4v) is 3.08. The van der Waals surface area contributed by atoms with Crippen LogP contribution in [-0.2, 0) is 6.42 Å². The van der Waals surface area contributed by atoms with Crippen LogP contribution in [0.25, 0.3) is 17.8 Å². The van der Waals surface area contributed by atoms with Gasteiger partial charge in [0, 0.05) is 17.3 Å². The van der Waals surface area contributed by atoms with E-state index in [9.17, 15) is 9.59 Å². The molecular weight excluding hydrogens is 372 g/mol. The van der Waals surface area contributed by atoms with Crippen LogP contribution in [-0.4, -0.2) is 34.2 Å². The Labute approximate surface area is 167 Å². The van der Waals surface area contributed by atoms with Crippen molar-refractivity contribution in [1.82, 2.24) is 9.38 Å². The van der Waals surface area contributed by atoms with Gasteiger partial charge in [0.2, 0.25) is 0 Å². The highest BCUT2D eigenvalue weighted by Gasteiger charge is 2.13. The molecule has 0 saturated heterocycles. The largest absolute Gasteiger partial charge is 0.493 e. The highest BCUT2D eigenvalue weighted by Crippen LogP contribution is 2.32. The molecule has 0 aliphatic carbocycles. The Hall–Kier alpha value is -3.61. The lowest BCUT2D eigenvalue weighted by Crippen LogP contribution is -2.22. The van der Waals surface area contributed by atoms with Gasteiger partial charge in [-0.05, 0) is 43.7 Å². The van der Waals surface area contributed by atoms with Crippen molar-refractivity contribution in [3.63, 3.8) is 0 Å². The zero-order valence-electron chi connectivity index (χ0n) is 16.5. The van der Waals surface area contributed by atoms with Crippen molar-refractivity contribution in [2.24, 2.45) is 0 Å². The van der Waals surface area contributed by atoms with Crippen LogP contribution in [0.4, 0.5) is 0 Å². The minimum atomic E-state index is -1.10. The van der Waals surface area contributed by atoms with Crippen molar-refractivity contribution >= 4 is 23.8 Å². The molecule has 0 aliphatic heterocycles. The van der Waals surface area contributed by atoms with Gasteiger partial charge < -0.3 is 14.6 Å². The van der Waals surface area contributed by atoms with E-state index in [0.29, 0.717) is 41.4 Å². The van der Waals surface area contributed by atoms with Crippen LogP contribution in [0, 0.1) is 0 Å². The minimum absolute atomic E-state index is 0.0319. The summed E-state index contributed by atoms with van der Waals surface area (Å²) in [5, 5.41) is 9.17. The number of methoxy groups -OCH3 is 1. The van der Waals surface area contributed by atoms with Crippen molar-refractivity contribution < 1.29 is 19.4 Å². The number of hydrogen-bond donors (Lipinski definition) is 1. The smallest absolute Gasteiger partial charge is 0.337 e. The molecule has 3 rings (SSSR count). The van der Waals surface area contributed by atoms with Gasteiger partial charge in [-0.1, -0.05) is 19.1 Å². The summed E-state index contributed by atoms with van der Waals surface area (Å²) < 4.78 is 12.4. The first-order valence-electron chi connectivity index (χ1n) is 9.26. The van der Waals surface area contributed by atoms with E-state index in [4.69, 9.17) is 14.6 Å². The first-order valence-corrected chi connectivity index (χ1v) is 9.26. The highest BCUT2D eigenvalue weighted by molar-refractivity contribution is 5.87. The quantitative estimate of drug-likeness (QED) is 0.659. The number of carboxylic acid groups (broad SMARTS) is 1. The SMILES string of the molecule is CCOc1c(C=Cc2nc3ccc(C(=O)O)cn3c(=O)c2CC)cccc1OC. The summed E-state index contributed by atoms with van der Waals surface area (Å²) in [5.41, 5.74) is 1.97. The molecule has 0 spiro atoms. The third-order valence-corrected chi connectivity index (χ3v) is 4.49. The third kappa shape index (κ3) is 3.99. The number of nitrogens with zero attached hydrogens (tertiary/aromatic N) is 2. The summed E-state index contributed by atoms with van der Waals surface area (Å²) in [6, 6.07) is 8.53. The lowest BCUT2D eigenvalue weighted by Gasteiger charge is -2.12. The third-order valence-electron chi connectivity index (χ3n) is 4.49. The number of carbonyl (C=O) groups is 1. The fraction of sp³-hybridized carbons (Fsp3) is 0.227. The topological polar surface area (TPSA) is 90.1 Å². The van der Waals surface area contributed by atoms with Gasteiger partial charge in [-0.25, -0.2) is 9.78 Å². The second-order valence-electron chi connectivity index (χ2n) is 6.23. The van der Waals surface area contributed by atoms with Crippen LogP contribution in [0.2, 0.25) is 0 Å². The van der Waals surface area contributed by atoms with E-state index >= 15 is 0 Å².